The number of thioether (sulfide) groups is 1. The molecule has 0 aliphatic heterocycles. The molecule has 1 atom stereocenters. The molecule has 0 saturated heterocycles. The number of thiazole rings is 1. The highest BCUT2D eigenvalue weighted by Crippen LogP contribution is 2.26. The number of hydrogen-bond donors (Lipinski definition) is 1. The number of carbonyl (C=O) groups is 1. The van der Waals surface area contributed by atoms with E-state index in [-0.39, 0.29) is 11.9 Å². The second-order valence-electron chi connectivity index (χ2n) is 4.51. The Morgan fingerprint density at radius 1 is 1.43 bits per heavy atom. The third-order valence-corrected chi connectivity index (χ3v) is 5.62. The third-order valence-electron chi connectivity index (χ3n) is 2.75. The minimum Gasteiger partial charge on any atom is -0.349 e. The van der Waals surface area contributed by atoms with Gasteiger partial charge in [-0.3, -0.25) is 4.79 Å². The number of benzene rings is 1. The Balaban J connectivity index is 1.88. The highest BCUT2D eigenvalue weighted by molar-refractivity contribution is 8.01. The van der Waals surface area contributed by atoms with E-state index in [1.54, 1.807) is 23.5 Å². The molecule has 1 aromatic heterocycles. The van der Waals surface area contributed by atoms with Crippen LogP contribution in [0.2, 0.25) is 10.0 Å². The van der Waals surface area contributed by atoms with Gasteiger partial charge in [-0.25, -0.2) is 4.98 Å². The van der Waals surface area contributed by atoms with Gasteiger partial charge in [0.1, 0.15) is 0 Å². The quantitative estimate of drug-likeness (QED) is 0.783. The van der Waals surface area contributed by atoms with Crippen LogP contribution in [0.3, 0.4) is 0 Å². The van der Waals surface area contributed by atoms with Crippen LogP contribution in [0.15, 0.2) is 27.9 Å². The molecule has 0 aliphatic carbocycles. The number of halogens is 2. The average molecular weight is 361 g/mol. The van der Waals surface area contributed by atoms with Crippen molar-refractivity contribution < 1.29 is 4.79 Å². The number of nitrogens with zero attached hydrogens (tertiary/aromatic N) is 1. The van der Waals surface area contributed by atoms with Gasteiger partial charge < -0.3 is 5.32 Å². The first-order chi connectivity index (χ1) is 9.95. The summed E-state index contributed by atoms with van der Waals surface area (Å²) in [7, 11) is 0. The fourth-order valence-corrected chi connectivity index (χ4v) is 3.64. The summed E-state index contributed by atoms with van der Waals surface area (Å²) in [6.45, 7) is 3.85. The summed E-state index contributed by atoms with van der Waals surface area (Å²) >= 11 is 14.9. The zero-order valence-electron chi connectivity index (χ0n) is 11.5. The number of nitrogens with one attached hydrogen (secondary N) is 1. The first-order valence-electron chi connectivity index (χ1n) is 6.25. The molecule has 112 valence electrons. The topological polar surface area (TPSA) is 42.0 Å². The SMILES string of the molecule is Cc1csc(SCC(=O)NC(C)c2ccc(Cl)c(Cl)c2)n1. The lowest BCUT2D eigenvalue weighted by Gasteiger charge is -2.14. The molecule has 0 fully saturated rings. The van der Waals surface area contributed by atoms with E-state index in [0.29, 0.717) is 15.8 Å². The van der Waals surface area contributed by atoms with E-state index in [1.165, 1.54) is 11.8 Å². The molecule has 1 amide bonds. The smallest absolute Gasteiger partial charge is 0.230 e. The van der Waals surface area contributed by atoms with Gasteiger partial charge in [0.25, 0.3) is 0 Å². The van der Waals surface area contributed by atoms with E-state index in [0.717, 1.165) is 15.6 Å². The Bertz CT molecular complexity index is 646. The zero-order chi connectivity index (χ0) is 15.4. The Morgan fingerprint density at radius 3 is 2.81 bits per heavy atom. The van der Waals surface area contributed by atoms with Gasteiger partial charge in [-0.15, -0.1) is 11.3 Å². The van der Waals surface area contributed by atoms with Crippen molar-refractivity contribution in [3.8, 4) is 0 Å². The number of aromatic nitrogens is 1. The van der Waals surface area contributed by atoms with Gasteiger partial charge in [0.05, 0.1) is 21.8 Å². The molecule has 2 aromatic rings. The highest BCUT2D eigenvalue weighted by Gasteiger charge is 2.12. The summed E-state index contributed by atoms with van der Waals surface area (Å²) in [5, 5.41) is 5.90. The van der Waals surface area contributed by atoms with Crippen LogP contribution >= 0.6 is 46.3 Å². The van der Waals surface area contributed by atoms with Crippen molar-refractivity contribution in [1.82, 2.24) is 10.3 Å². The van der Waals surface area contributed by atoms with Crippen molar-refractivity contribution in [3.05, 3.63) is 44.9 Å². The molecule has 0 spiro atoms. The molecule has 1 N–H and O–H groups in total. The van der Waals surface area contributed by atoms with Crippen LogP contribution in [0.1, 0.15) is 24.2 Å². The van der Waals surface area contributed by atoms with Gasteiger partial charge in [0, 0.05) is 11.1 Å². The van der Waals surface area contributed by atoms with Crippen LogP contribution in [0, 0.1) is 6.92 Å². The summed E-state index contributed by atoms with van der Waals surface area (Å²) in [4.78, 5) is 16.3. The van der Waals surface area contributed by atoms with E-state index in [4.69, 9.17) is 23.2 Å². The lowest BCUT2D eigenvalue weighted by molar-refractivity contribution is -0.119. The summed E-state index contributed by atoms with van der Waals surface area (Å²) in [6.07, 6.45) is 0. The van der Waals surface area contributed by atoms with Gasteiger partial charge in [0.2, 0.25) is 5.91 Å². The molecule has 0 aliphatic rings. The Labute approximate surface area is 142 Å². The fraction of sp³-hybridized carbons (Fsp3) is 0.286. The van der Waals surface area contributed by atoms with Crippen molar-refractivity contribution in [1.29, 1.82) is 0 Å². The second-order valence-corrected chi connectivity index (χ2v) is 7.40. The van der Waals surface area contributed by atoms with Crippen molar-refractivity contribution in [2.24, 2.45) is 0 Å². The molecular formula is C14H14Cl2N2OS2. The van der Waals surface area contributed by atoms with Gasteiger partial charge in [0.15, 0.2) is 4.34 Å². The van der Waals surface area contributed by atoms with Crippen LogP contribution in [-0.2, 0) is 4.79 Å². The predicted octanol–water partition coefficient (Wildman–Crippen LogP) is 4.73. The van der Waals surface area contributed by atoms with Gasteiger partial charge in [-0.1, -0.05) is 41.0 Å². The summed E-state index contributed by atoms with van der Waals surface area (Å²) in [6, 6.07) is 5.24. The Hall–Kier alpha value is -0.750. The van der Waals surface area contributed by atoms with Gasteiger partial charge in [-0.2, -0.15) is 0 Å². The molecule has 2 rings (SSSR count). The summed E-state index contributed by atoms with van der Waals surface area (Å²) in [5.74, 6) is 0.310. The molecule has 21 heavy (non-hydrogen) atoms. The molecule has 1 unspecified atom stereocenters. The molecule has 0 radical (unpaired) electrons. The number of amides is 1. The molecule has 7 heteroatoms. The van der Waals surface area contributed by atoms with E-state index >= 15 is 0 Å². The predicted molar refractivity (Wildman–Crippen MR) is 90.6 cm³/mol. The van der Waals surface area contributed by atoms with Crippen LogP contribution in [0.4, 0.5) is 0 Å². The molecule has 1 heterocycles. The monoisotopic (exact) mass is 360 g/mol. The van der Waals surface area contributed by atoms with Crippen molar-refractivity contribution in [2.75, 3.05) is 5.75 Å². The third kappa shape index (κ3) is 4.88. The molecule has 1 aromatic carbocycles. The maximum atomic E-state index is 11.9. The average Bonchev–Trinajstić information content (AvgIpc) is 2.85. The number of carbonyl (C=O) groups excluding carboxylic acids is 1. The normalized spacial score (nSPS) is 12.2. The lowest BCUT2D eigenvalue weighted by atomic mass is 10.1. The molecular weight excluding hydrogens is 347 g/mol. The maximum absolute atomic E-state index is 11.9. The van der Waals surface area contributed by atoms with E-state index < -0.39 is 0 Å². The largest absolute Gasteiger partial charge is 0.349 e. The number of hydrogen-bond acceptors (Lipinski definition) is 4. The van der Waals surface area contributed by atoms with Crippen LogP contribution in [-0.4, -0.2) is 16.6 Å². The van der Waals surface area contributed by atoms with E-state index in [2.05, 4.69) is 10.3 Å². The Morgan fingerprint density at radius 2 is 2.19 bits per heavy atom. The first kappa shape index (κ1) is 16.6. The van der Waals surface area contributed by atoms with Gasteiger partial charge >= 0.3 is 0 Å². The summed E-state index contributed by atoms with van der Waals surface area (Å²) in [5.41, 5.74) is 1.90. The molecule has 3 nitrogen and oxygen atoms in total. The zero-order valence-corrected chi connectivity index (χ0v) is 14.7. The minimum atomic E-state index is -0.120. The van der Waals surface area contributed by atoms with Crippen molar-refractivity contribution in [2.45, 2.75) is 24.2 Å². The number of aryl methyl sites for hydroxylation is 1. The van der Waals surface area contributed by atoms with Crippen LogP contribution in [0.5, 0.6) is 0 Å². The highest BCUT2D eigenvalue weighted by atomic mass is 35.5. The van der Waals surface area contributed by atoms with Crippen molar-refractivity contribution in [3.63, 3.8) is 0 Å². The standard InChI is InChI=1S/C14H14Cl2N2OS2/c1-8-6-20-14(17-8)21-7-13(19)18-9(2)10-3-4-11(15)12(16)5-10/h3-6,9H,7H2,1-2H3,(H,18,19). The maximum Gasteiger partial charge on any atom is 0.230 e. The van der Waals surface area contributed by atoms with Crippen LogP contribution in [0.25, 0.3) is 0 Å². The number of rotatable bonds is 5. The first-order valence-corrected chi connectivity index (χ1v) is 8.87. The van der Waals surface area contributed by atoms with Crippen molar-refractivity contribution >= 4 is 52.2 Å². The molecule has 0 bridgehead atoms. The lowest BCUT2D eigenvalue weighted by Crippen LogP contribution is -2.28. The van der Waals surface area contributed by atoms with Gasteiger partial charge in [-0.05, 0) is 31.5 Å². The minimum absolute atomic E-state index is 0.0357. The second kappa shape index (κ2) is 7.49. The summed E-state index contributed by atoms with van der Waals surface area (Å²) < 4.78 is 0.907. The van der Waals surface area contributed by atoms with Crippen LogP contribution < -0.4 is 5.32 Å². The molecule has 0 saturated carbocycles. The van der Waals surface area contributed by atoms with E-state index in [1.807, 2.05) is 25.3 Å². The van der Waals surface area contributed by atoms with E-state index in [9.17, 15) is 4.79 Å². The Kier molecular flexibility index (Phi) is 5.93. The fourth-order valence-electron chi connectivity index (χ4n) is 1.67.